The normalized spacial score (nSPS) is 22.8. The topological polar surface area (TPSA) is 118 Å². The highest BCUT2D eigenvalue weighted by Crippen LogP contribution is 2.22. The van der Waals surface area contributed by atoms with Gasteiger partial charge in [0.15, 0.2) is 0 Å². The van der Waals surface area contributed by atoms with Crippen molar-refractivity contribution in [1.82, 2.24) is 4.90 Å². The molecule has 0 aromatic heterocycles. The fourth-order valence-electron chi connectivity index (χ4n) is 2.08. The van der Waals surface area contributed by atoms with Gasteiger partial charge in [-0.3, -0.25) is 4.79 Å². The van der Waals surface area contributed by atoms with E-state index >= 15 is 0 Å². The maximum atomic E-state index is 11.6. The van der Waals surface area contributed by atoms with E-state index in [1.807, 2.05) is 0 Å². The van der Waals surface area contributed by atoms with Crippen LogP contribution in [0.5, 0.6) is 0 Å². The molecule has 1 saturated heterocycles. The smallest absolute Gasteiger partial charge is 0.326 e. The minimum atomic E-state index is -3.63. The van der Waals surface area contributed by atoms with Gasteiger partial charge in [0.25, 0.3) is 0 Å². The van der Waals surface area contributed by atoms with Gasteiger partial charge in [-0.25, -0.2) is 18.4 Å². The zero-order valence-corrected chi connectivity index (χ0v) is 10.3. The molecule has 0 saturated carbocycles. The molecule has 2 atom stereocenters. The van der Waals surface area contributed by atoms with Gasteiger partial charge in [-0.05, 0) is 6.42 Å². The Bertz CT molecular complexity index is 419. The number of aliphatic carboxylic acids is 1. The molecule has 17 heavy (non-hydrogen) atoms. The van der Waals surface area contributed by atoms with Crippen LogP contribution in [0.25, 0.3) is 0 Å². The van der Waals surface area contributed by atoms with Crippen molar-refractivity contribution < 1.29 is 23.1 Å². The summed E-state index contributed by atoms with van der Waals surface area (Å²) in [5.74, 6) is -2.10. The first-order chi connectivity index (χ1) is 7.74. The average molecular weight is 264 g/mol. The van der Waals surface area contributed by atoms with Gasteiger partial charge in [-0.1, -0.05) is 6.92 Å². The Kier molecular flexibility index (Phi) is 4.10. The number of sulfonamides is 1. The number of rotatable bonds is 5. The number of hydrogen-bond donors (Lipinski definition) is 2. The van der Waals surface area contributed by atoms with Crippen molar-refractivity contribution >= 4 is 21.9 Å². The second kappa shape index (κ2) is 5.01. The van der Waals surface area contributed by atoms with Crippen molar-refractivity contribution in [2.75, 3.05) is 12.3 Å². The summed E-state index contributed by atoms with van der Waals surface area (Å²) >= 11 is 0. The van der Waals surface area contributed by atoms with Crippen molar-refractivity contribution in [3.63, 3.8) is 0 Å². The molecule has 1 aliphatic heterocycles. The summed E-state index contributed by atoms with van der Waals surface area (Å²) in [4.78, 5) is 23.7. The Morgan fingerprint density at radius 1 is 1.65 bits per heavy atom. The standard InChI is InChI=1S/C9H16N2O5S/c1-2-7(9(13)14)11-4-6(3-8(11)12)5-17(10,15)16/h6-7H,2-5H2,1H3,(H,13,14)(H2,10,15,16)/t6?,7-/m0/s1. The van der Waals surface area contributed by atoms with Crippen LogP contribution < -0.4 is 5.14 Å². The predicted molar refractivity (Wildman–Crippen MR) is 59.5 cm³/mol. The summed E-state index contributed by atoms with van der Waals surface area (Å²) in [6.07, 6.45) is 0.337. The average Bonchev–Trinajstić information content (AvgIpc) is 2.44. The van der Waals surface area contributed by atoms with Crippen LogP contribution in [0, 0.1) is 5.92 Å². The molecule has 98 valence electrons. The lowest BCUT2D eigenvalue weighted by atomic mass is 10.1. The molecule has 0 spiro atoms. The molecule has 8 heteroatoms. The molecule has 0 aliphatic carbocycles. The number of carboxylic acids is 1. The van der Waals surface area contributed by atoms with Crippen molar-refractivity contribution in [1.29, 1.82) is 0 Å². The summed E-state index contributed by atoms with van der Waals surface area (Å²) in [5.41, 5.74) is 0. The number of nitrogens with zero attached hydrogens (tertiary/aromatic N) is 1. The van der Waals surface area contributed by atoms with Crippen molar-refractivity contribution in [2.24, 2.45) is 11.1 Å². The van der Waals surface area contributed by atoms with Crippen LogP contribution in [-0.4, -0.2) is 48.6 Å². The van der Waals surface area contributed by atoms with Crippen LogP contribution in [0.3, 0.4) is 0 Å². The van der Waals surface area contributed by atoms with Gasteiger partial charge in [-0.15, -0.1) is 0 Å². The maximum absolute atomic E-state index is 11.6. The lowest BCUT2D eigenvalue weighted by Gasteiger charge is -2.23. The molecular formula is C9H16N2O5S. The van der Waals surface area contributed by atoms with Crippen molar-refractivity contribution in [3.05, 3.63) is 0 Å². The third-order valence-corrected chi connectivity index (χ3v) is 3.69. The van der Waals surface area contributed by atoms with Crippen LogP contribution in [0.1, 0.15) is 19.8 Å². The molecule has 7 nitrogen and oxygen atoms in total. The first-order valence-corrected chi connectivity index (χ1v) is 6.99. The third kappa shape index (κ3) is 3.67. The second-order valence-corrected chi connectivity index (χ2v) is 5.87. The van der Waals surface area contributed by atoms with Gasteiger partial charge in [0.1, 0.15) is 6.04 Å². The van der Waals surface area contributed by atoms with Crippen molar-refractivity contribution in [2.45, 2.75) is 25.8 Å². The highest BCUT2D eigenvalue weighted by atomic mass is 32.2. The summed E-state index contributed by atoms with van der Waals surface area (Å²) in [5, 5.41) is 13.8. The fraction of sp³-hybridized carbons (Fsp3) is 0.778. The number of likely N-dealkylation sites (tertiary alicyclic amines) is 1. The van der Waals surface area contributed by atoms with Gasteiger partial charge >= 0.3 is 5.97 Å². The summed E-state index contributed by atoms with van der Waals surface area (Å²) in [7, 11) is -3.63. The number of primary sulfonamides is 1. The monoisotopic (exact) mass is 264 g/mol. The Morgan fingerprint density at radius 3 is 2.65 bits per heavy atom. The van der Waals surface area contributed by atoms with Crippen LogP contribution in [0.15, 0.2) is 0 Å². The fourth-order valence-corrected chi connectivity index (χ4v) is 2.96. The predicted octanol–water partition coefficient (Wildman–Crippen LogP) is -1.01. The molecule has 1 aliphatic rings. The highest BCUT2D eigenvalue weighted by Gasteiger charge is 2.37. The van der Waals surface area contributed by atoms with Gasteiger partial charge in [-0.2, -0.15) is 0 Å². The first-order valence-electron chi connectivity index (χ1n) is 5.27. The van der Waals surface area contributed by atoms with E-state index in [1.54, 1.807) is 6.92 Å². The van der Waals surface area contributed by atoms with Crippen LogP contribution in [0.4, 0.5) is 0 Å². The zero-order chi connectivity index (χ0) is 13.2. The van der Waals surface area contributed by atoms with E-state index in [-0.39, 0.29) is 24.6 Å². The lowest BCUT2D eigenvalue weighted by Crippen LogP contribution is -2.42. The van der Waals surface area contributed by atoms with Crippen LogP contribution in [0.2, 0.25) is 0 Å². The summed E-state index contributed by atoms with van der Waals surface area (Å²) in [6.45, 7) is 1.80. The van der Waals surface area contributed by atoms with E-state index in [9.17, 15) is 18.0 Å². The van der Waals surface area contributed by atoms with E-state index in [1.165, 1.54) is 4.90 Å². The molecule has 0 bridgehead atoms. The summed E-state index contributed by atoms with van der Waals surface area (Å²) < 4.78 is 21.8. The number of nitrogens with two attached hydrogens (primary N) is 1. The Hall–Kier alpha value is -1.15. The van der Waals surface area contributed by atoms with Gasteiger partial charge in [0.05, 0.1) is 5.75 Å². The maximum Gasteiger partial charge on any atom is 0.326 e. The third-order valence-electron chi connectivity index (χ3n) is 2.75. The molecule has 1 unspecified atom stereocenters. The van der Waals surface area contributed by atoms with Crippen LogP contribution in [-0.2, 0) is 19.6 Å². The van der Waals surface area contributed by atoms with Gasteiger partial charge < -0.3 is 10.0 Å². The number of carboxylic acid groups (broad SMARTS) is 1. The first kappa shape index (κ1) is 13.9. The minimum absolute atomic E-state index is 0.0419. The zero-order valence-electron chi connectivity index (χ0n) is 9.50. The Balaban J connectivity index is 2.73. The molecule has 1 amide bonds. The number of carbonyl (C=O) groups is 2. The minimum Gasteiger partial charge on any atom is -0.480 e. The molecular weight excluding hydrogens is 248 g/mol. The van der Waals surface area contributed by atoms with E-state index in [0.29, 0.717) is 6.42 Å². The highest BCUT2D eigenvalue weighted by molar-refractivity contribution is 7.89. The molecule has 1 heterocycles. The molecule has 1 fully saturated rings. The van der Waals surface area contributed by atoms with Gasteiger partial charge in [0, 0.05) is 18.9 Å². The Morgan fingerprint density at radius 2 is 2.24 bits per heavy atom. The lowest BCUT2D eigenvalue weighted by molar-refractivity contribution is -0.148. The number of hydrogen-bond acceptors (Lipinski definition) is 4. The van der Waals surface area contributed by atoms with Crippen LogP contribution >= 0.6 is 0 Å². The summed E-state index contributed by atoms with van der Waals surface area (Å²) in [6, 6.07) is -0.882. The quantitative estimate of drug-likeness (QED) is 0.659. The molecule has 0 aromatic carbocycles. The van der Waals surface area contributed by atoms with E-state index in [4.69, 9.17) is 10.2 Å². The SMILES string of the molecule is CC[C@@H](C(=O)O)N1CC(CS(N)(=O)=O)CC1=O. The molecule has 1 rings (SSSR count). The number of carbonyl (C=O) groups excluding carboxylic acids is 1. The largest absolute Gasteiger partial charge is 0.480 e. The van der Waals surface area contributed by atoms with E-state index in [0.717, 1.165) is 0 Å². The van der Waals surface area contributed by atoms with E-state index in [2.05, 4.69) is 0 Å². The number of amides is 1. The van der Waals surface area contributed by atoms with Gasteiger partial charge in [0.2, 0.25) is 15.9 Å². The second-order valence-electron chi connectivity index (χ2n) is 4.21. The Labute approximate surface area is 99.6 Å². The van der Waals surface area contributed by atoms with Crippen molar-refractivity contribution in [3.8, 4) is 0 Å². The molecule has 3 N–H and O–H groups in total. The van der Waals surface area contributed by atoms with E-state index < -0.39 is 28.0 Å². The molecule has 0 radical (unpaired) electrons. The molecule has 0 aromatic rings.